The second kappa shape index (κ2) is 5.57. The summed E-state index contributed by atoms with van der Waals surface area (Å²) in [6.07, 6.45) is 0. The minimum Gasteiger partial charge on any atom is -0.326 e. The quantitative estimate of drug-likeness (QED) is 0.776. The van der Waals surface area contributed by atoms with Gasteiger partial charge in [-0.1, -0.05) is 6.07 Å². The summed E-state index contributed by atoms with van der Waals surface area (Å²) in [5, 5.41) is 11.5. The standard InChI is InChI=1S/C14H13N5O2S/c1-8-7-22-14-17-13(18-19(8)14)16-12(21)10-4-3-5-11(6-10)15-9(2)20/h3-7H,1-2H3,(H,15,20)(H,16,18,21). The summed E-state index contributed by atoms with van der Waals surface area (Å²) < 4.78 is 1.67. The number of rotatable bonds is 3. The van der Waals surface area contributed by atoms with E-state index in [-0.39, 0.29) is 17.8 Å². The minimum absolute atomic E-state index is 0.191. The van der Waals surface area contributed by atoms with Crippen molar-refractivity contribution in [2.24, 2.45) is 0 Å². The number of anilines is 2. The van der Waals surface area contributed by atoms with Crippen LogP contribution >= 0.6 is 11.3 Å². The Kier molecular flexibility index (Phi) is 3.60. The molecule has 1 aromatic carbocycles. The van der Waals surface area contributed by atoms with Gasteiger partial charge in [-0.3, -0.25) is 14.9 Å². The van der Waals surface area contributed by atoms with Gasteiger partial charge in [0.1, 0.15) is 0 Å². The molecule has 2 aromatic heterocycles. The van der Waals surface area contributed by atoms with Gasteiger partial charge in [-0.25, -0.2) is 4.52 Å². The summed E-state index contributed by atoms with van der Waals surface area (Å²) >= 11 is 1.46. The van der Waals surface area contributed by atoms with Gasteiger partial charge in [0.2, 0.25) is 10.9 Å². The number of hydrogen-bond acceptors (Lipinski definition) is 5. The molecule has 0 spiro atoms. The van der Waals surface area contributed by atoms with Gasteiger partial charge in [-0.05, 0) is 25.1 Å². The van der Waals surface area contributed by atoms with Crippen molar-refractivity contribution in [2.45, 2.75) is 13.8 Å². The molecule has 0 aliphatic heterocycles. The number of thiazole rings is 1. The van der Waals surface area contributed by atoms with E-state index in [1.165, 1.54) is 18.3 Å². The van der Waals surface area contributed by atoms with Crippen LogP contribution in [0.1, 0.15) is 23.0 Å². The first-order valence-corrected chi connectivity index (χ1v) is 7.41. The Bertz CT molecular complexity index is 867. The van der Waals surface area contributed by atoms with Crippen LogP contribution in [-0.2, 0) is 4.79 Å². The normalized spacial score (nSPS) is 10.6. The molecule has 3 rings (SSSR count). The van der Waals surface area contributed by atoms with Gasteiger partial charge < -0.3 is 5.32 Å². The van der Waals surface area contributed by atoms with Gasteiger partial charge in [0, 0.05) is 23.6 Å². The molecule has 2 heterocycles. The number of aryl methyl sites for hydroxylation is 1. The zero-order chi connectivity index (χ0) is 15.7. The molecule has 8 heteroatoms. The molecule has 0 saturated carbocycles. The highest BCUT2D eigenvalue weighted by Gasteiger charge is 2.12. The number of nitrogens with one attached hydrogen (secondary N) is 2. The minimum atomic E-state index is -0.330. The molecule has 7 nitrogen and oxygen atoms in total. The molecule has 0 radical (unpaired) electrons. The Labute approximate surface area is 130 Å². The Morgan fingerprint density at radius 3 is 2.82 bits per heavy atom. The number of fused-ring (bicyclic) bond motifs is 1. The average Bonchev–Trinajstić information content (AvgIpc) is 3.01. The van der Waals surface area contributed by atoms with E-state index in [1.54, 1.807) is 28.8 Å². The summed E-state index contributed by atoms with van der Waals surface area (Å²) in [6.45, 7) is 3.33. The third kappa shape index (κ3) is 2.82. The zero-order valence-electron chi connectivity index (χ0n) is 12.0. The van der Waals surface area contributed by atoms with Crippen LogP contribution in [0.2, 0.25) is 0 Å². The Morgan fingerprint density at radius 2 is 2.09 bits per heavy atom. The van der Waals surface area contributed by atoms with Crippen molar-refractivity contribution in [3.8, 4) is 0 Å². The predicted octanol–water partition coefficient (Wildman–Crippen LogP) is 2.31. The second-order valence-electron chi connectivity index (χ2n) is 4.72. The second-order valence-corrected chi connectivity index (χ2v) is 5.56. The Hall–Kier alpha value is -2.74. The van der Waals surface area contributed by atoms with Crippen LogP contribution < -0.4 is 10.6 Å². The van der Waals surface area contributed by atoms with Gasteiger partial charge in [0.25, 0.3) is 11.9 Å². The van der Waals surface area contributed by atoms with Crippen LogP contribution in [0, 0.1) is 6.92 Å². The first kappa shape index (κ1) is 14.2. The predicted molar refractivity (Wildman–Crippen MR) is 84.3 cm³/mol. The number of benzene rings is 1. The molecule has 22 heavy (non-hydrogen) atoms. The largest absolute Gasteiger partial charge is 0.326 e. The molecule has 0 aliphatic carbocycles. The Balaban J connectivity index is 1.80. The number of carbonyl (C=O) groups excluding carboxylic acids is 2. The van der Waals surface area contributed by atoms with Crippen molar-refractivity contribution >= 4 is 39.7 Å². The molecule has 0 bridgehead atoms. The fraction of sp³-hybridized carbons (Fsp3) is 0.143. The van der Waals surface area contributed by atoms with Crippen LogP contribution in [0.5, 0.6) is 0 Å². The highest BCUT2D eigenvalue weighted by atomic mass is 32.1. The lowest BCUT2D eigenvalue weighted by Crippen LogP contribution is -2.14. The summed E-state index contributed by atoms with van der Waals surface area (Å²) in [5.41, 5.74) is 1.94. The zero-order valence-corrected chi connectivity index (χ0v) is 12.8. The van der Waals surface area contributed by atoms with E-state index in [9.17, 15) is 9.59 Å². The van der Waals surface area contributed by atoms with Crippen LogP contribution in [0.3, 0.4) is 0 Å². The van der Waals surface area contributed by atoms with Crippen LogP contribution in [0.25, 0.3) is 4.96 Å². The van der Waals surface area contributed by atoms with E-state index >= 15 is 0 Å². The van der Waals surface area contributed by atoms with E-state index in [1.807, 2.05) is 12.3 Å². The lowest BCUT2D eigenvalue weighted by atomic mass is 10.2. The molecule has 0 fully saturated rings. The monoisotopic (exact) mass is 315 g/mol. The molecule has 2 N–H and O–H groups in total. The lowest BCUT2D eigenvalue weighted by Gasteiger charge is -2.05. The maximum atomic E-state index is 12.2. The molecule has 2 amide bonds. The SMILES string of the molecule is CC(=O)Nc1cccc(C(=O)Nc2nc3scc(C)n3n2)c1. The van der Waals surface area contributed by atoms with Crippen molar-refractivity contribution in [3.05, 3.63) is 40.9 Å². The fourth-order valence-electron chi connectivity index (χ4n) is 1.96. The summed E-state index contributed by atoms with van der Waals surface area (Å²) in [6, 6.07) is 6.67. The number of nitrogens with zero attached hydrogens (tertiary/aromatic N) is 3. The maximum absolute atomic E-state index is 12.2. The van der Waals surface area contributed by atoms with Crippen molar-refractivity contribution in [2.75, 3.05) is 10.6 Å². The first-order chi connectivity index (χ1) is 10.5. The third-order valence-electron chi connectivity index (χ3n) is 2.92. The highest BCUT2D eigenvalue weighted by molar-refractivity contribution is 7.15. The van der Waals surface area contributed by atoms with Crippen LogP contribution in [0.15, 0.2) is 29.6 Å². The molecular weight excluding hydrogens is 302 g/mol. The molecule has 0 aliphatic rings. The smallest absolute Gasteiger partial charge is 0.258 e. The molecule has 3 aromatic rings. The molecule has 0 saturated heterocycles. The van der Waals surface area contributed by atoms with E-state index < -0.39 is 0 Å². The van der Waals surface area contributed by atoms with Gasteiger partial charge in [-0.15, -0.1) is 16.4 Å². The third-order valence-corrected chi connectivity index (χ3v) is 3.85. The highest BCUT2D eigenvalue weighted by Crippen LogP contribution is 2.16. The van der Waals surface area contributed by atoms with Crippen LogP contribution in [-0.4, -0.2) is 26.4 Å². The maximum Gasteiger partial charge on any atom is 0.258 e. The molecule has 0 atom stereocenters. The van der Waals surface area contributed by atoms with Gasteiger partial charge >= 0.3 is 0 Å². The van der Waals surface area contributed by atoms with E-state index in [0.29, 0.717) is 11.3 Å². The molecule has 112 valence electrons. The van der Waals surface area contributed by atoms with Crippen molar-refractivity contribution in [1.29, 1.82) is 0 Å². The van der Waals surface area contributed by atoms with Crippen molar-refractivity contribution in [1.82, 2.24) is 14.6 Å². The summed E-state index contributed by atoms with van der Waals surface area (Å²) in [4.78, 5) is 28.2. The lowest BCUT2D eigenvalue weighted by molar-refractivity contribution is -0.114. The number of hydrogen-bond donors (Lipinski definition) is 2. The van der Waals surface area contributed by atoms with Gasteiger partial charge in [0.05, 0.1) is 5.69 Å². The fourth-order valence-corrected chi connectivity index (χ4v) is 2.76. The summed E-state index contributed by atoms with van der Waals surface area (Å²) in [5.74, 6) is -0.267. The van der Waals surface area contributed by atoms with Crippen molar-refractivity contribution in [3.63, 3.8) is 0 Å². The Morgan fingerprint density at radius 1 is 1.27 bits per heavy atom. The van der Waals surface area contributed by atoms with E-state index in [0.717, 1.165) is 10.7 Å². The number of amides is 2. The summed E-state index contributed by atoms with van der Waals surface area (Å²) in [7, 11) is 0. The molecular formula is C14H13N5O2S. The van der Waals surface area contributed by atoms with Crippen LogP contribution in [0.4, 0.5) is 11.6 Å². The number of aromatic nitrogens is 3. The molecule has 0 unspecified atom stereocenters. The average molecular weight is 315 g/mol. The first-order valence-electron chi connectivity index (χ1n) is 6.53. The van der Waals surface area contributed by atoms with E-state index in [2.05, 4.69) is 20.7 Å². The van der Waals surface area contributed by atoms with Gasteiger partial charge in [0.15, 0.2) is 0 Å². The number of carbonyl (C=O) groups is 2. The van der Waals surface area contributed by atoms with E-state index in [4.69, 9.17) is 0 Å². The van der Waals surface area contributed by atoms with Gasteiger partial charge in [-0.2, -0.15) is 4.98 Å². The topological polar surface area (TPSA) is 88.4 Å². The van der Waals surface area contributed by atoms with Crippen molar-refractivity contribution < 1.29 is 9.59 Å².